The number of H-pyrrole nitrogens is 2. The molecular formula is C47H62N8O7. The molecule has 1 aliphatic rings. The van der Waals surface area contributed by atoms with Gasteiger partial charge in [0.2, 0.25) is 11.8 Å². The molecule has 15 nitrogen and oxygen atoms in total. The third-order valence-corrected chi connectivity index (χ3v) is 12.2. The Balaban J connectivity index is 1.23. The van der Waals surface area contributed by atoms with Gasteiger partial charge in [0.15, 0.2) is 0 Å². The molecule has 332 valence electrons. The molecule has 0 bridgehead atoms. The van der Waals surface area contributed by atoms with Gasteiger partial charge in [-0.25, -0.2) is 19.6 Å². The molecule has 5 aromatic rings. The van der Waals surface area contributed by atoms with Gasteiger partial charge >= 0.3 is 12.2 Å². The highest BCUT2D eigenvalue weighted by Crippen LogP contribution is 2.42. The fraction of sp³-hybridized carbons (Fsp3) is 0.489. The molecule has 5 atom stereocenters. The molecule has 15 heteroatoms. The molecule has 4 N–H and O–H groups in total. The SMILES string of the molecule is CCC[C@H](C)N(Cc1ncc(-c2ccc3c(c2)COc2cc4c(ccc5[nH]c(CN(CCC)C(=O)[C@@H](NC(=O)OC)[C@@H](C)CC)nc54)cc2-3)[nH]1)C(=O)[C@@H](NC(=O)OC)[C@@H](C)CC. The van der Waals surface area contributed by atoms with Crippen molar-refractivity contribution in [3.63, 3.8) is 0 Å². The topological polar surface area (TPSA) is 184 Å². The van der Waals surface area contributed by atoms with Crippen molar-refractivity contribution in [1.82, 2.24) is 40.4 Å². The molecule has 4 amide bonds. The molecule has 0 spiro atoms. The van der Waals surface area contributed by atoms with Gasteiger partial charge < -0.3 is 44.6 Å². The number of amides is 4. The summed E-state index contributed by atoms with van der Waals surface area (Å²) in [5.74, 6) is 1.53. The lowest BCUT2D eigenvalue weighted by atomic mass is 9.92. The van der Waals surface area contributed by atoms with Crippen LogP contribution < -0.4 is 15.4 Å². The lowest BCUT2D eigenvalue weighted by Crippen LogP contribution is -2.53. The lowest BCUT2D eigenvalue weighted by Gasteiger charge is -2.34. The van der Waals surface area contributed by atoms with E-state index in [4.69, 9.17) is 24.2 Å². The van der Waals surface area contributed by atoms with Crippen LogP contribution in [0.4, 0.5) is 9.59 Å². The Labute approximate surface area is 363 Å². The van der Waals surface area contributed by atoms with Crippen molar-refractivity contribution in [2.75, 3.05) is 20.8 Å². The van der Waals surface area contributed by atoms with Crippen molar-refractivity contribution < 1.29 is 33.4 Å². The smallest absolute Gasteiger partial charge is 0.407 e. The molecule has 62 heavy (non-hydrogen) atoms. The fourth-order valence-corrected chi connectivity index (χ4v) is 8.19. The van der Waals surface area contributed by atoms with E-state index in [0.717, 1.165) is 74.8 Å². The van der Waals surface area contributed by atoms with E-state index in [0.29, 0.717) is 37.6 Å². The summed E-state index contributed by atoms with van der Waals surface area (Å²) in [6.45, 7) is 15.4. The zero-order valence-corrected chi connectivity index (χ0v) is 37.5. The number of nitrogens with zero attached hydrogens (tertiary/aromatic N) is 4. The summed E-state index contributed by atoms with van der Waals surface area (Å²) < 4.78 is 16.1. The molecule has 0 radical (unpaired) electrons. The van der Waals surface area contributed by atoms with E-state index in [9.17, 15) is 19.2 Å². The Kier molecular flexibility index (Phi) is 14.8. The van der Waals surface area contributed by atoms with Crippen LogP contribution in [0.25, 0.3) is 44.2 Å². The number of imidazole rings is 2. The number of aromatic amines is 2. The summed E-state index contributed by atoms with van der Waals surface area (Å²) >= 11 is 0. The van der Waals surface area contributed by atoms with Gasteiger partial charge in [-0.3, -0.25) is 9.59 Å². The standard InChI is InChI=1S/C47H62N8O7/c1-10-14-29(7)55(45(57)42(28(6)13-4)53-47(59)61-9)25-39-48-23-37(50-39)31-15-17-33-32(20-31)26-62-38-22-34-30(21-35(33)38)16-18-36-43(34)51-40(49-36)24-54(19-11-2)44(56)41(27(5)12-3)52-46(58)60-8/h15-18,20-23,27-29,41-42H,10-14,19,24-26H2,1-9H3,(H,48,50)(H,49,51)(H,52,58)(H,53,59)/t27-,28-,29-,41-,42-/m0/s1. The predicted molar refractivity (Wildman–Crippen MR) is 239 cm³/mol. The maximum Gasteiger partial charge on any atom is 0.407 e. The van der Waals surface area contributed by atoms with Crippen molar-refractivity contribution in [3.8, 4) is 28.1 Å². The summed E-state index contributed by atoms with van der Waals surface area (Å²) in [6, 6.07) is 13.0. The van der Waals surface area contributed by atoms with Crippen LogP contribution in [0.5, 0.6) is 5.75 Å². The van der Waals surface area contributed by atoms with Crippen LogP contribution in [0.2, 0.25) is 0 Å². The average Bonchev–Trinajstić information content (AvgIpc) is 3.94. The lowest BCUT2D eigenvalue weighted by molar-refractivity contribution is -0.137. The van der Waals surface area contributed by atoms with Crippen LogP contribution >= 0.6 is 0 Å². The largest absolute Gasteiger partial charge is 0.488 e. The molecule has 0 fully saturated rings. The summed E-state index contributed by atoms with van der Waals surface area (Å²) in [5.41, 5.74) is 6.49. The molecule has 6 rings (SSSR count). The summed E-state index contributed by atoms with van der Waals surface area (Å²) in [4.78, 5) is 72.4. The number of fused-ring (bicyclic) bond motifs is 6. The Morgan fingerprint density at radius 2 is 1.50 bits per heavy atom. The van der Waals surface area contributed by atoms with Crippen molar-refractivity contribution in [1.29, 1.82) is 0 Å². The first kappa shape index (κ1) is 45.4. The number of benzene rings is 3. The molecular weight excluding hydrogens is 789 g/mol. The highest BCUT2D eigenvalue weighted by molar-refractivity contribution is 6.07. The second kappa shape index (κ2) is 20.2. The van der Waals surface area contributed by atoms with E-state index in [-0.39, 0.29) is 42.8 Å². The molecule has 0 aliphatic carbocycles. The van der Waals surface area contributed by atoms with E-state index in [1.54, 1.807) is 16.0 Å². The highest BCUT2D eigenvalue weighted by Gasteiger charge is 2.34. The van der Waals surface area contributed by atoms with Gasteiger partial charge in [-0.05, 0) is 77.9 Å². The molecule has 0 saturated heterocycles. The highest BCUT2D eigenvalue weighted by atomic mass is 16.5. The minimum Gasteiger partial charge on any atom is -0.488 e. The minimum atomic E-state index is -0.727. The third-order valence-electron chi connectivity index (χ3n) is 12.2. The number of methoxy groups -OCH3 is 2. The Morgan fingerprint density at radius 3 is 2.15 bits per heavy atom. The van der Waals surface area contributed by atoms with Crippen molar-refractivity contribution in [2.45, 2.75) is 118 Å². The Hall–Kier alpha value is -6.12. The number of hydrogen-bond donors (Lipinski definition) is 4. The van der Waals surface area contributed by atoms with Gasteiger partial charge in [0, 0.05) is 23.5 Å². The van der Waals surface area contributed by atoms with Crippen LogP contribution in [-0.2, 0) is 38.8 Å². The van der Waals surface area contributed by atoms with Crippen LogP contribution in [0.15, 0.2) is 48.7 Å². The number of carbonyl (C=O) groups is 4. The molecule has 0 unspecified atom stereocenters. The summed E-state index contributed by atoms with van der Waals surface area (Å²) in [5, 5.41) is 7.45. The molecule has 0 saturated carbocycles. The number of hydrogen-bond acceptors (Lipinski definition) is 9. The van der Waals surface area contributed by atoms with Gasteiger partial charge in [-0.15, -0.1) is 0 Å². The van der Waals surface area contributed by atoms with E-state index in [1.165, 1.54) is 14.2 Å². The first-order valence-corrected chi connectivity index (χ1v) is 21.9. The summed E-state index contributed by atoms with van der Waals surface area (Å²) in [7, 11) is 2.59. The Bertz CT molecular complexity index is 2390. The number of ether oxygens (including phenoxy) is 3. The van der Waals surface area contributed by atoms with Crippen LogP contribution in [0.3, 0.4) is 0 Å². The number of aromatic nitrogens is 4. The normalized spacial score (nSPS) is 14.4. The molecule has 3 aromatic carbocycles. The third kappa shape index (κ3) is 9.82. The predicted octanol–water partition coefficient (Wildman–Crippen LogP) is 8.46. The van der Waals surface area contributed by atoms with E-state index >= 15 is 0 Å². The fourth-order valence-electron chi connectivity index (χ4n) is 8.19. The number of alkyl carbamates (subject to hydrolysis) is 2. The van der Waals surface area contributed by atoms with Crippen LogP contribution in [0.1, 0.15) is 97.8 Å². The van der Waals surface area contributed by atoms with Crippen LogP contribution in [0, 0.1) is 11.8 Å². The van der Waals surface area contributed by atoms with Crippen molar-refractivity contribution >= 4 is 45.8 Å². The second-order valence-electron chi connectivity index (χ2n) is 16.5. The minimum absolute atomic E-state index is 0.0762. The maximum absolute atomic E-state index is 14.0. The maximum atomic E-state index is 14.0. The van der Waals surface area contributed by atoms with E-state index in [1.807, 2.05) is 53.7 Å². The van der Waals surface area contributed by atoms with E-state index in [2.05, 4.69) is 57.9 Å². The zero-order valence-electron chi connectivity index (χ0n) is 37.5. The van der Waals surface area contributed by atoms with Crippen LogP contribution in [-0.4, -0.2) is 92.6 Å². The zero-order chi connectivity index (χ0) is 44.7. The first-order chi connectivity index (χ1) is 29.8. The quantitative estimate of drug-likeness (QED) is 0.0672. The number of rotatable bonds is 18. The van der Waals surface area contributed by atoms with Crippen molar-refractivity contribution in [2.24, 2.45) is 11.8 Å². The molecule has 3 heterocycles. The van der Waals surface area contributed by atoms with Gasteiger partial charge in [-0.2, -0.15) is 0 Å². The Morgan fingerprint density at radius 1 is 0.806 bits per heavy atom. The monoisotopic (exact) mass is 850 g/mol. The number of nitrogens with one attached hydrogen (secondary N) is 4. The first-order valence-electron chi connectivity index (χ1n) is 21.9. The van der Waals surface area contributed by atoms with Gasteiger partial charge in [-0.1, -0.05) is 79.0 Å². The number of carbonyl (C=O) groups excluding carboxylic acids is 4. The average molecular weight is 851 g/mol. The second-order valence-corrected chi connectivity index (χ2v) is 16.5. The van der Waals surface area contributed by atoms with Gasteiger partial charge in [0.05, 0.1) is 50.2 Å². The van der Waals surface area contributed by atoms with E-state index < -0.39 is 24.3 Å². The van der Waals surface area contributed by atoms with Gasteiger partial charge in [0.25, 0.3) is 0 Å². The summed E-state index contributed by atoms with van der Waals surface area (Å²) in [6.07, 6.45) is 4.39. The molecule has 2 aromatic heterocycles. The van der Waals surface area contributed by atoms with Gasteiger partial charge in [0.1, 0.15) is 36.1 Å². The van der Waals surface area contributed by atoms with Crippen molar-refractivity contribution in [3.05, 3.63) is 65.9 Å². The molecule has 1 aliphatic heterocycles.